The molecule has 10 heteroatoms. The summed E-state index contributed by atoms with van der Waals surface area (Å²) < 4.78 is 1.47. The third-order valence-electron chi connectivity index (χ3n) is 5.34. The molecular weight excluding hydrogens is 434 g/mol. The molecule has 0 fully saturated rings. The zero-order valence-corrected chi connectivity index (χ0v) is 18.0. The zero-order chi connectivity index (χ0) is 23.7. The van der Waals surface area contributed by atoms with E-state index in [1.165, 1.54) is 17.1 Å². The molecule has 3 aromatic heterocycles. The molecule has 10 nitrogen and oxygen atoms in total. The third-order valence-corrected chi connectivity index (χ3v) is 5.34. The van der Waals surface area contributed by atoms with Crippen LogP contribution in [0.2, 0.25) is 0 Å². The minimum Gasteiger partial charge on any atom is -0.494 e. The number of H-pyrrole nitrogens is 2. The van der Waals surface area contributed by atoms with Gasteiger partial charge in [0.1, 0.15) is 11.5 Å². The monoisotopic (exact) mass is 453 g/mol. The number of hydrogen-bond acceptors (Lipinski definition) is 6. The summed E-state index contributed by atoms with van der Waals surface area (Å²) in [5.74, 6) is -0.0700. The van der Waals surface area contributed by atoms with E-state index < -0.39 is 0 Å². The Labute approximate surface area is 193 Å². The summed E-state index contributed by atoms with van der Waals surface area (Å²) in [6.07, 6.45) is 4.62. The maximum atomic E-state index is 13.2. The average Bonchev–Trinajstić information content (AvgIpc) is 3.57. The molecule has 0 saturated heterocycles. The van der Waals surface area contributed by atoms with Gasteiger partial charge in [0.25, 0.3) is 5.91 Å². The van der Waals surface area contributed by atoms with Crippen molar-refractivity contribution in [2.24, 2.45) is 12.0 Å². The first-order valence-corrected chi connectivity index (χ1v) is 10.3. The number of amides is 1. The van der Waals surface area contributed by atoms with E-state index in [2.05, 4.69) is 30.6 Å². The molecule has 0 unspecified atom stereocenters. The van der Waals surface area contributed by atoms with Gasteiger partial charge in [0.05, 0.1) is 11.8 Å². The maximum absolute atomic E-state index is 13.2. The van der Waals surface area contributed by atoms with Crippen LogP contribution in [0.4, 0.5) is 11.5 Å². The number of nitrogens with zero attached hydrogens (tertiary/aromatic N) is 4. The van der Waals surface area contributed by atoms with E-state index in [0.717, 1.165) is 0 Å². The standard InChI is InChI=1S/C24H19N7O3/c1-31-20(7-10-27-31)24(34)28-16-4-2-3-14(11-16)22(32)15-5-6-19-17(12-15)18(23(33)29-19)13-25-21-8-9-26-30-21/h2-13,29,33H,1H3,(H,26,30)(H,28,34)/b25-13+. The molecular formula is C24H19N7O3. The van der Waals surface area contributed by atoms with Crippen LogP contribution in [0.15, 0.2) is 72.0 Å². The molecule has 3 heterocycles. The summed E-state index contributed by atoms with van der Waals surface area (Å²) in [7, 11) is 1.68. The molecule has 0 aliphatic heterocycles. The first-order chi connectivity index (χ1) is 16.5. The highest BCUT2D eigenvalue weighted by atomic mass is 16.3. The zero-order valence-electron chi connectivity index (χ0n) is 18.0. The fraction of sp³-hybridized carbons (Fsp3) is 0.0417. The van der Waals surface area contributed by atoms with Crippen LogP contribution in [0, 0.1) is 0 Å². The predicted octanol–water partition coefficient (Wildman–Crippen LogP) is 3.56. The van der Waals surface area contributed by atoms with E-state index in [-0.39, 0.29) is 17.6 Å². The highest BCUT2D eigenvalue weighted by molar-refractivity contribution is 6.13. The molecule has 0 spiro atoms. The number of aromatic nitrogens is 5. The van der Waals surface area contributed by atoms with Crippen molar-refractivity contribution in [3.05, 3.63) is 89.4 Å². The Bertz CT molecular complexity index is 1540. The van der Waals surface area contributed by atoms with Crippen LogP contribution in [0.1, 0.15) is 32.0 Å². The van der Waals surface area contributed by atoms with Crippen molar-refractivity contribution in [3.8, 4) is 5.88 Å². The molecule has 168 valence electrons. The van der Waals surface area contributed by atoms with Gasteiger partial charge >= 0.3 is 0 Å². The molecule has 0 aliphatic carbocycles. The number of aryl methyl sites for hydroxylation is 1. The van der Waals surface area contributed by atoms with E-state index in [0.29, 0.717) is 44.8 Å². The molecule has 0 aliphatic rings. The fourth-order valence-electron chi connectivity index (χ4n) is 3.62. The summed E-state index contributed by atoms with van der Waals surface area (Å²) in [5, 5.41) is 24.3. The van der Waals surface area contributed by atoms with Gasteiger partial charge in [-0.15, -0.1) is 0 Å². The van der Waals surface area contributed by atoms with Gasteiger partial charge in [0.15, 0.2) is 11.7 Å². The number of hydrogen-bond donors (Lipinski definition) is 4. The number of carbonyl (C=O) groups is 2. The molecule has 0 atom stereocenters. The molecule has 34 heavy (non-hydrogen) atoms. The Morgan fingerprint density at radius 2 is 1.94 bits per heavy atom. The van der Waals surface area contributed by atoms with Gasteiger partial charge in [-0.25, -0.2) is 4.99 Å². The molecule has 0 saturated carbocycles. The number of carbonyl (C=O) groups excluding carboxylic acids is 2. The number of ketones is 1. The summed E-state index contributed by atoms with van der Waals surface area (Å²) in [6, 6.07) is 15.1. The first-order valence-electron chi connectivity index (χ1n) is 10.3. The van der Waals surface area contributed by atoms with Crippen molar-refractivity contribution in [1.29, 1.82) is 0 Å². The Kier molecular flexibility index (Phi) is 5.23. The molecule has 0 radical (unpaired) electrons. The number of aliphatic imine (C=N–C) groups is 1. The largest absolute Gasteiger partial charge is 0.494 e. The second-order valence-corrected chi connectivity index (χ2v) is 7.55. The van der Waals surface area contributed by atoms with Crippen LogP contribution in [0.25, 0.3) is 10.9 Å². The highest BCUT2D eigenvalue weighted by Gasteiger charge is 2.16. The summed E-state index contributed by atoms with van der Waals surface area (Å²) in [5.41, 5.74) is 2.85. The minimum absolute atomic E-state index is 0.0530. The Hall–Kier alpha value is -4.99. The highest BCUT2D eigenvalue weighted by Crippen LogP contribution is 2.28. The van der Waals surface area contributed by atoms with Crippen molar-refractivity contribution < 1.29 is 14.7 Å². The molecule has 4 N–H and O–H groups in total. The van der Waals surface area contributed by atoms with Crippen molar-refractivity contribution in [2.45, 2.75) is 0 Å². The van der Waals surface area contributed by atoms with Crippen molar-refractivity contribution in [3.63, 3.8) is 0 Å². The van der Waals surface area contributed by atoms with Gasteiger partial charge in [-0.05, 0) is 36.4 Å². The molecule has 1 amide bonds. The molecule has 5 aromatic rings. The molecule has 0 bridgehead atoms. The van der Waals surface area contributed by atoms with E-state index >= 15 is 0 Å². The lowest BCUT2D eigenvalue weighted by atomic mass is 10.0. The summed E-state index contributed by atoms with van der Waals surface area (Å²) in [4.78, 5) is 32.9. The van der Waals surface area contributed by atoms with Crippen molar-refractivity contribution >= 4 is 40.3 Å². The van der Waals surface area contributed by atoms with Gasteiger partial charge in [-0.1, -0.05) is 12.1 Å². The first kappa shape index (κ1) is 20.9. The lowest BCUT2D eigenvalue weighted by Crippen LogP contribution is -2.16. The van der Waals surface area contributed by atoms with E-state index in [1.54, 1.807) is 67.8 Å². The summed E-state index contributed by atoms with van der Waals surface area (Å²) in [6.45, 7) is 0. The number of aromatic amines is 2. The van der Waals surface area contributed by atoms with Gasteiger partial charge in [0.2, 0.25) is 0 Å². The van der Waals surface area contributed by atoms with Gasteiger partial charge < -0.3 is 15.4 Å². The van der Waals surface area contributed by atoms with Crippen LogP contribution >= 0.6 is 0 Å². The van der Waals surface area contributed by atoms with Crippen molar-refractivity contribution in [2.75, 3.05) is 5.32 Å². The average molecular weight is 453 g/mol. The minimum atomic E-state index is -0.324. The SMILES string of the molecule is Cn1nccc1C(=O)Nc1cccc(C(=O)c2ccc3[nH]c(O)c(/C=N/c4ccn[nH]4)c3c2)c1. The molecule has 5 rings (SSSR count). The van der Waals surface area contributed by atoms with Crippen LogP contribution in [-0.4, -0.2) is 48.0 Å². The van der Waals surface area contributed by atoms with Crippen LogP contribution in [0.5, 0.6) is 5.88 Å². The smallest absolute Gasteiger partial charge is 0.273 e. The van der Waals surface area contributed by atoms with Gasteiger partial charge in [-0.3, -0.25) is 19.4 Å². The van der Waals surface area contributed by atoms with Gasteiger partial charge in [-0.2, -0.15) is 10.2 Å². The summed E-state index contributed by atoms with van der Waals surface area (Å²) >= 11 is 0. The normalized spacial score (nSPS) is 11.3. The quantitative estimate of drug-likeness (QED) is 0.230. The molecule has 2 aromatic carbocycles. The second-order valence-electron chi connectivity index (χ2n) is 7.55. The van der Waals surface area contributed by atoms with E-state index in [1.807, 2.05) is 0 Å². The van der Waals surface area contributed by atoms with Crippen LogP contribution in [-0.2, 0) is 7.05 Å². The lowest BCUT2D eigenvalue weighted by molar-refractivity contribution is 0.101. The number of aromatic hydroxyl groups is 1. The van der Waals surface area contributed by atoms with Crippen molar-refractivity contribution in [1.82, 2.24) is 25.0 Å². The number of anilines is 1. The number of nitrogens with one attached hydrogen (secondary N) is 3. The number of fused-ring (bicyclic) bond motifs is 1. The Balaban J connectivity index is 1.43. The predicted molar refractivity (Wildman–Crippen MR) is 127 cm³/mol. The number of benzene rings is 2. The maximum Gasteiger partial charge on any atom is 0.273 e. The van der Waals surface area contributed by atoms with E-state index in [9.17, 15) is 14.7 Å². The second kappa shape index (κ2) is 8.51. The third kappa shape index (κ3) is 3.95. The Morgan fingerprint density at radius 3 is 2.71 bits per heavy atom. The topological polar surface area (TPSA) is 141 Å². The fourth-order valence-corrected chi connectivity index (χ4v) is 3.62. The Morgan fingerprint density at radius 1 is 1.09 bits per heavy atom. The van der Waals surface area contributed by atoms with Crippen LogP contribution in [0.3, 0.4) is 0 Å². The number of rotatable bonds is 6. The van der Waals surface area contributed by atoms with Gasteiger partial charge in [0, 0.05) is 53.2 Å². The lowest BCUT2D eigenvalue weighted by Gasteiger charge is -2.08. The van der Waals surface area contributed by atoms with Crippen LogP contribution < -0.4 is 5.32 Å². The van der Waals surface area contributed by atoms with E-state index in [4.69, 9.17) is 0 Å².